The number of likely N-dealkylation sites (N-methyl/N-ethyl adjacent to an activating group) is 1. The highest BCUT2D eigenvalue weighted by Gasteiger charge is 2.37. The van der Waals surface area contributed by atoms with Crippen molar-refractivity contribution in [1.29, 1.82) is 0 Å². The molecule has 1 amide bonds. The summed E-state index contributed by atoms with van der Waals surface area (Å²) < 4.78 is 5.35. The molecule has 2 aromatic rings. The molecule has 1 saturated heterocycles. The van der Waals surface area contributed by atoms with Gasteiger partial charge >= 0.3 is 0 Å². The van der Waals surface area contributed by atoms with Gasteiger partial charge in [0.25, 0.3) is 0 Å². The number of aromatic amines is 1. The third-order valence-electron chi connectivity index (χ3n) is 5.65. The van der Waals surface area contributed by atoms with E-state index in [0.717, 1.165) is 13.0 Å². The van der Waals surface area contributed by atoms with Gasteiger partial charge < -0.3 is 14.6 Å². The summed E-state index contributed by atoms with van der Waals surface area (Å²) in [5.74, 6) is 0.107. The maximum Gasteiger partial charge on any atom is 0.232 e. The van der Waals surface area contributed by atoms with Crippen LogP contribution in [0.2, 0.25) is 0 Å². The minimum Gasteiger partial charge on any atom is -0.361 e. The van der Waals surface area contributed by atoms with Crippen molar-refractivity contribution in [3.8, 4) is 0 Å². The van der Waals surface area contributed by atoms with Crippen LogP contribution in [0, 0.1) is 5.92 Å². The summed E-state index contributed by atoms with van der Waals surface area (Å²) in [7, 11) is 2.14. The molecule has 0 saturated carbocycles. The Morgan fingerprint density at radius 1 is 1.38 bits per heavy atom. The van der Waals surface area contributed by atoms with Crippen molar-refractivity contribution in [2.75, 3.05) is 33.5 Å². The van der Waals surface area contributed by atoms with Crippen LogP contribution in [-0.2, 0) is 16.0 Å². The van der Waals surface area contributed by atoms with Gasteiger partial charge in [0.2, 0.25) is 5.91 Å². The fourth-order valence-corrected chi connectivity index (χ4v) is 4.43. The topological polar surface area (TPSA) is 48.6 Å². The number of ether oxygens (including phenoxy) is 1. The van der Waals surface area contributed by atoms with Crippen LogP contribution in [0.1, 0.15) is 11.1 Å². The van der Waals surface area contributed by atoms with Crippen molar-refractivity contribution in [3.05, 3.63) is 41.6 Å². The fraction of sp³-hybridized carbons (Fsp3) is 0.421. The Balaban J connectivity index is 1.59. The molecule has 0 bridgehead atoms. The van der Waals surface area contributed by atoms with Gasteiger partial charge in [0.05, 0.1) is 12.5 Å². The van der Waals surface area contributed by atoms with Crippen LogP contribution in [-0.4, -0.2) is 60.2 Å². The van der Waals surface area contributed by atoms with E-state index in [9.17, 15) is 4.79 Å². The van der Waals surface area contributed by atoms with Gasteiger partial charge in [-0.05, 0) is 36.2 Å². The van der Waals surface area contributed by atoms with Crippen LogP contribution in [0.15, 0.2) is 30.5 Å². The van der Waals surface area contributed by atoms with Gasteiger partial charge in [-0.1, -0.05) is 18.2 Å². The van der Waals surface area contributed by atoms with E-state index in [1.165, 1.54) is 27.6 Å². The summed E-state index contributed by atoms with van der Waals surface area (Å²) in [5, 5.41) is 1.33. The molecule has 1 fully saturated rings. The minimum absolute atomic E-state index is 0.0845. The maximum atomic E-state index is 12.8. The van der Waals surface area contributed by atoms with Crippen LogP contribution in [0.3, 0.4) is 0 Å². The molecule has 124 valence electrons. The second-order valence-electron chi connectivity index (χ2n) is 7.07. The molecule has 3 heterocycles. The molecule has 1 N–H and O–H groups in total. The molecule has 1 aliphatic carbocycles. The van der Waals surface area contributed by atoms with Crippen LogP contribution in [0.5, 0.6) is 0 Å². The lowest BCUT2D eigenvalue weighted by Gasteiger charge is -2.40. The lowest BCUT2D eigenvalue weighted by molar-refractivity contribution is -0.135. The van der Waals surface area contributed by atoms with Gasteiger partial charge in [-0.2, -0.15) is 0 Å². The lowest BCUT2D eigenvalue weighted by atomic mass is 9.79. The van der Waals surface area contributed by atoms with Gasteiger partial charge in [0.1, 0.15) is 6.73 Å². The molecule has 5 heteroatoms. The molecule has 2 atom stereocenters. The summed E-state index contributed by atoms with van der Waals surface area (Å²) in [6.07, 6.45) is 5.36. The average molecular weight is 323 g/mol. The predicted molar refractivity (Wildman–Crippen MR) is 92.4 cm³/mol. The highest BCUT2D eigenvalue weighted by molar-refractivity contribution is 5.99. The molecule has 24 heavy (non-hydrogen) atoms. The Bertz CT molecular complexity index is 847. The Labute approximate surface area is 140 Å². The van der Waals surface area contributed by atoms with E-state index >= 15 is 0 Å². The molecule has 0 spiro atoms. The molecule has 2 aliphatic heterocycles. The SMILES string of the molecule is CN1CC(C(=O)N2CCOC2)C=C2c3cccc4[nH]cc(c34)CC21. The molecule has 1 aromatic carbocycles. The Morgan fingerprint density at radius 2 is 2.29 bits per heavy atom. The minimum atomic E-state index is -0.0845. The second-order valence-corrected chi connectivity index (χ2v) is 7.07. The largest absolute Gasteiger partial charge is 0.361 e. The molecule has 5 nitrogen and oxygen atoms in total. The van der Waals surface area contributed by atoms with Crippen molar-refractivity contribution >= 4 is 22.4 Å². The number of aromatic nitrogens is 1. The first kappa shape index (κ1) is 14.3. The Kier molecular flexibility index (Phi) is 3.08. The number of carbonyl (C=O) groups excluding carboxylic acids is 1. The van der Waals surface area contributed by atoms with Crippen molar-refractivity contribution < 1.29 is 9.53 Å². The van der Waals surface area contributed by atoms with Gasteiger partial charge in [-0.15, -0.1) is 0 Å². The third-order valence-corrected chi connectivity index (χ3v) is 5.65. The van der Waals surface area contributed by atoms with Gasteiger partial charge in [0, 0.05) is 36.2 Å². The highest BCUT2D eigenvalue weighted by atomic mass is 16.5. The van der Waals surface area contributed by atoms with Crippen LogP contribution in [0.25, 0.3) is 16.5 Å². The summed E-state index contributed by atoms with van der Waals surface area (Å²) in [6, 6.07) is 6.77. The summed E-state index contributed by atoms with van der Waals surface area (Å²) in [6.45, 7) is 2.57. The zero-order chi connectivity index (χ0) is 16.3. The zero-order valence-electron chi connectivity index (χ0n) is 13.8. The first-order valence-corrected chi connectivity index (χ1v) is 8.60. The molecule has 0 radical (unpaired) electrons. The highest BCUT2D eigenvalue weighted by Crippen LogP contribution is 2.40. The molecule has 2 unspecified atom stereocenters. The number of hydrogen-bond donors (Lipinski definition) is 1. The van der Waals surface area contributed by atoms with Crippen LogP contribution < -0.4 is 0 Å². The number of nitrogens with one attached hydrogen (secondary N) is 1. The van der Waals surface area contributed by atoms with E-state index in [2.05, 4.69) is 47.4 Å². The van der Waals surface area contributed by atoms with Crippen molar-refractivity contribution in [2.24, 2.45) is 5.92 Å². The normalized spacial score (nSPS) is 26.5. The van der Waals surface area contributed by atoms with E-state index < -0.39 is 0 Å². The standard InChI is InChI=1S/C19H21N3O2/c1-21-10-13(19(23)22-5-6-24-11-22)7-15-14-3-2-4-16-18(14)12(9-20-16)8-17(15)21/h2-4,7,9,13,17,20H,5-6,8,10-11H2,1H3. The first-order chi connectivity index (χ1) is 11.7. The molecule has 1 aromatic heterocycles. The van der Waals surface area contributed by atoms with E-state index in [1.807, 2.05) is 4.90 Å². The smallest absolute Gasteiger partial charge is 0.232 e. The quantitative estimate of drug-likeness (QED) is 0.871. The summed E-state index contributed by atoms with van der Waals surface area (Å²) >= 11 is 0. The van der Waals surface area contributed by atoms with Crippen molar-refractivity contribution in [1.82, 2.24) is 14.8 Å². The average Bonchev–Trinajstić information content (AvgIpc) is 3.26. The van der Waals surface area contributed by atoms with E-state index in [0.29, 0.717) is 25.9 Å². The van der Waals surface area contributed by atoms with E-state index in [4.69, 9.17) is 4.74 Å². The van der Waals surface area contributed by atoms with E-state index in [1.54, 1.807) is 0 Å². The number of H-pyrrole nitrogens is 1. The predicted octanol–water partition coefficient (Wildman–Crippen LogP) is 1.85. The number of nitrogens with zero attached hydrogens (tertiary/aromatic N) is 2. The van der Waals surface area contributed by atoms with Gasteiger partial charge in [-0.25, -0.2) is 0 Å². The third kappa shape index (κ3) is 1.98. The number of fused-ring (bicyclic) bond motifs is 2. The van der Waals surface area contributed by atoms with Crippen LogP contribution in [0.4, 0.5) is 0 Å². The summed E-state index contributed by atoms with van der Waals surface area (Å²) in [4.78, 5) is 20.4. The lowest BCUT2D eigenvalue weighted by Crippen LogP contribution is -2.47. The Morgan fingerprint density at radius 3 is 3.12 bits per heavy atom. The van der Waals surface area contributed by atoms with Crippen molar-refractivity contribution in [3.63, 3.8) is 0 Å². The number of carbonyl (C=O) groups is 1. The van der Waals surface area contributed by atoms with E-state index in [-0.39, 0.29) is 11.8 Å². The number of rotatable bonds is 1. The number of amides is 1. The van der Waals surface area contributed by atoms with Gasteiger partial charge in [0.15, 0.2) is 0 Å². The maximum absolute atomic E-state index is 12.8. The molecular formula is C19H21N3O2. The molecule has 5 rings (SSSR count). The molecule has 3 aliphatic rings. The van der Waals surface area contributed by atoms with Crippen LogP contribution >= 0.6 is 0 Å². The van der Waals surface area contributed by atoms with Crippen molar-refractivity contribution in [2.45, 2.75) is 12.5 Å². The Hall–Kier alpha value is -2.11. The molecular weight excluding hydrogens is 302 g/mol. The monoisotopic (exact) mass is 323 g/mol. The first-order valence-electron chi connectivity index (χ1n) is 8.60. The second kappa shape index (κ2) is 5.19. The number of benzene rings is 1. The summed E-state index contributed by atoms with van der Waals surface area (Å²) in [5.41, 5.74) is 5.15. The number of hydrogen-bond acceptors (Lipinski definition) is 3. The fourth-order valence-electron chi connectivity index (χ4n) is 4.43. The zero-order valence-corrected chi connectivity index (χ0v) is 13.8. The van der Waals surface area contributed by atoms with Gasteiger partial charge in [-0.3, -0.25) is 9.69 Å².